The van der Waals surface area contributed by atoms with Crippen LogP contribution in [0, 0.1) is 5.92 Å². The first-order valence-corrected chi connectivity index (χ1v) is 13.9. The van der Waals surface area contributed by atoms with E-state index in [9.17, 15) is 9.59 Å². The van der Waals surface area contributed by atoms with Crippen LogP contribution in [0.15, 0.2) is 48.4 Å². The fourth-order valence-electron chi connectivity index (χ4n) is 4.95. The van der Waals surface area contributed by atoms with Crippen molar-refractivity contribution in [1.29, 1.82) is 0 Å². The monoisotopic (exact) mass is 534 g/mol. The summed E-state index contributed by atoms with van der Waals surface area (Å²) >= 11 is 1.53. The van der Waals surface area contributed by atoms with Crippen molar-refractivity contribution in [3.8, 4) is 0 Å². The number of fused-ring (bicyclic) bond motifs is 1. The molecule has 9 nitrogen and oxygen atoms in total. The number of thiophene rings is 1. The van der Waals surface area contributed by atoms with Gasteiger partial charge in [-0.3, -0.25) is 14.6 Å². The van der Waals surface area contributed by atoms with E-state index >= 15 is 0 Å². The Morgan fingerprint density at radius 1 is 1.16 bits per heavy atom. The number of ether oxygens (including phenoxy) is 1. The van der Waals surface area contributed by atoms with E-state index < -0.39 is 0 Å². The van der Waals surface area contributed by atoms with Crippen LogP contribution in [0.4, 0.5) is 16.6 Å². The summed E-state index contributed by atoms with van der Waals surface area (Å²) in [5, 5.41) is 5.40. The van der Waals surface area contributed by atoms with Gasteiger partial charge in [0.15, 0.2) is 5.82 Å². The maximum atomic E-state index is 12.6. The zero-order chi connectivity index (χ0) is 26.8. The molecule has 1 N–H and O–H groups in total. The zero-order valence-corrected chi connectivity index (χ0v) is 22.9. The second kappa shape index (κ2) is 11.1. The van der Waals surface area contributed by atoms with Crippen molar-refractivity contribution < 1.29 is 14.3 Å². The first kappa shape index (κ1) is 26.1. The Hall–Kier alpha value is -3.50. The standard InChI is InChI=1S/C28H34N6O3S/c1-5-24(35)33-13-11-32(12-14-33)16-20-6-8-21(9-7-20)19(4)29-27-30-22-10-15-38-25(22)26(31-27)34-23(18(2)3)17-37-28(34)36/h5-10,15,18-19,23H,1,11-14,16-17H2,2-4H3,(H,29,30,31)/t19?,23-/m1/s1. The molecule has 5 rings (SSSR count). The first-order valence-electron chi connectivity index (χ1n) is 13.0. The van der Waals surface area contributed by atoms with Crippen molar-refractivity contribution in [2.75, 3.05) is 43.0 Å². The van der Waals surface area contributed by atoms with Crippen molar-refractivity contribution in [2.24, 2.45) is 5.92 Å². The van der Waals surface area contributed by atoms with Gasteiger partial charge < -0.3 is 15.0 Å². The molecule has 2 saturated heterocycles. The molecule has 0 radical (unpaired) electrons. The summed E-state index contributed by atoms with van der Waals surface area (Å²) in [6.07, 6.45) is 1.02. The summed E-state index contributed by atoms with van der Waals surface area (Å²) < 4.78 is 6.26. The van der Waals surface area contributed by atoms with E-state index in [0.29, 0.717) is 18.4 Å². The summed E-state index contributed by atoms with van der Waals surface area (Å²) in [6.45, 7) is 14.2. The maximum Gasteiger partial charge on any atom is 0.415 e. The highest BCUT2D eigenvalue weighted by Crippen LogP contribution is 2.35. The number of rotatable bonds is 8. The molecule has 3 aromatic rings. The molecule has 2 aromatic heterocycles. The minimum atomic E-state index is -0.361. The van der Waals surface area contributed by atoms with E-state index in [1.807, 2.05) is 16.3 Å². The number of cyclic esters (lactones) is 1. The number of nitrogens with one attached hydrogen (secondary N) is 1. The minimum absolute atomic E-state index is 0.00448. The lowest BCUT2D eigenvalue weighted by Gasteiger charge is -2.34. The normalized spacial score (nSPS) is 19.2. The summed E-state index contributed by atoms with van der Waals surface area (Å²) in [5.41, 5.74) is 3.16. The molecule has 2 aliphatic rings. The maximum absolute atomic E-state index is 12.6. The van der Waals surface area contributed by atoms with Crippen LogP contribution in [0.25, 0.3) is 10.2 Å². The molecule has 1 unspecified atom stereocenters. The third-order valence-corrected chi connectivity index (χ3v) is 8.18. The SMILES string of the molecule is C=CC(=O)N1CCN(Cc2ccc(C(C)Nc3nc(N4C(=O)OC[C@@H]4C(C)C)c4sccc4n3)cc2)CC1. The summed E-state index contributed by atoms with van der Waals surface area (Å²) in [6, 6.07) is 10.4. The van der Waals surface area contributed by atoms with Crippen molar-refractivity contribution in [1.82, 2.24) is 19.8 Å². The number of aromatic nitrogens is 2. The average Bonchev–Trinajstić information content (AvgIpc) is 3.55. The second-order valence-corrected chi connectivity index (χ2v) is 11.1. The van der Waals surface area contributed by atoms with Crippen LogP contribution in [0.3, 0.4) is 0 Å². The summed E-state index contributed by atoms with van der Waals surface area (Å²) in [5.74, 6) is 1.33. The van der Waals surface area contributed by atoms with E-state index in [2.05, 4.69) is 61.8 Å². The third-order valence-electron chi connectivity index (χ3n) is 7.28. The Morgan fingerprint density at radius 3 is 2.58 bits per heavy atom. The molecule has 2 aliphatic heterocycles. The van der Waals surface area contributed by atoms with E-state index in [4.69, 9.17) is 14.7 Å². The molecule has 10 heteroatoms. The van der Waals surface area contributed by atoms with Crippen LogP contribution in [-0.2, 0) is 16.1 Å². The molecule has 1 aromatic carbocycles. The summed E-state index contributed by atoms with van der Waals surface area (Å²) in [7, 11) is 0. The third kappa shape index (κ3) is 5.37. The van der Waals surface area contributed by atoms with Crippen molar-refractivity contribution >= 4 is 45.3 Å². The van der Waals surface area contributed by atoms with Crippen LogP contribution in [0.5, 0.6) is 0 Å². The molecular formula is C28H34N6O3S. The molecule has 4 heterocycles. The summed E-state index contributed by atoms with van der Waals surface area (Å²) in [4.78, 5) is 39.9. The second-order valence-electron chi connectivity index (χ2n) is 10.2. The Bertz CT molecular complexity index is 1320. The highest BCUT2D eigenvalue weighted by molar-refractivity contribution is 7.17. The number of anilines is 2. The van der Waals surface area contributed by atoms with Gasteiger partial charge in [0.25, 0.3) is 0 Å². The van der Waals surface area contributed by atoms with E-state index in [1.165, 1.54) is 23.0 Å². The molecule has 38 heavy (non-hydrogen) atoms. The van der Waals surface area contributed by atoms with Gasteiger partial charge in [-0.1, -0.05) is 44.7 Å². The number of nitrogens with zero attached hydrogens (tertiary/aromatic N) is 5. The Kier molecular flexibility index (Phi) is 7.62. The smallest absolute Gasteiger partial charge is 0.415 e. The topological polar surface area (TPSA) is 90.9 Å². The fraction of sp³-hybridized carbons (Fsp3) is 0.429. The first-order chi connectivity index (χ1) is 18.3. The lowest BCUT2D eigenvalue weighted by molar-refractivity contribution is -0.127. The number of benzene rings is 1. The number of carbonyl (C=O) groups excluding carboxylic acids is 2. The molecular weight excluding hydrogens is 500 g/mol. The minimum Gasteiger partial charge on any atom is -0.447 e. The van der Waals surface area contributed by atoms with Crippen LogP contribution in [0.1, 0.15) is 37.9 Å². The molecule has 200 valence electrons. The van der Waals surface area contributed by atoms with Crippen molar-refractivity contribution in [3.63, 3.8) is 0 Å². The highest BCUT2D eigenvalue weighted by atomic mass is 32.1. The van der Waals surface area contributed by atoms with Crippen LogP contribution in [-0.4, -0.2) is 70.6 Å². The van der Waals surface area contributed by atoms with E-state index in [-0.39, 0.29) is 30.0 Å². The molecule has 0 spiro atoms. The molecule has 2 amide bonds. The van der Waals surface area contributed by atoms with Gasteiger partial charge in [-0.25, -0.2) is 9.78 Å². The predicted octanol–water partition coefficient (Wildman–Crippen LogP) is 4.68. The van der Waals surface area contributed by atoms with Crippen LogP contribution < -0.4 is 10.2 Å². The number of hydrogen-bond donors (Lipinski definition) is 1. The predicted molar refractivity (Wildman–Crippen MR) is 150 cm³/mol. The lowest BCUT2D eigenvalue weighted by atomic mass is 10.0. The van der Waals surface area contributed by atoms with Gasteiger partial charge in [0.05, 0.1) is 22.3 Å². The molecule has 0 aliphatic carbocycles. The van der Waals surface area contributed by atoms with Gasteiger partial charge in [0.1, 0.15) is 6.61 Å². The largest absolute Gasteiger partial charge is 0.447 e. The van der Waals surface area contributed by atoms with E-state index in [1.54, 1.807) is 4.90 Å². The number of hydrogen-bond acceptors (Lipinski definition) is 8. The fourth-order valence-corrected chi connectivity index (χ4v) is 5.77. The molecule has 2 fully saturated rings. The van der Waals surface area contributed by atoms with E-state index in [0.717, 1.165) is 48.5 Å². The van der Waals surface area contributed by atoms with Gasteiger partial charge in [-0.2, -0.15) is 4.98 Å². The number of piperazine rings is 1. The Morgan fingerprint density at radius 2 is 1.89 bits per heavy atom. The van der Waals surface area contributed by atoms with Gasteiger partial charge in [0, 0.05) is 32.7 Å². The van der Waals surface area contributed by atoms with Crippen molar-refractivity contribution in [2.45, 2.75) is 39.4 Å². The van der Waals surface area contributed by atoms with Gasteiger partial charge in [-0.05, 0) is 41.5 Å². The molecule has 0 bridgehead atoms. The van der Waals surface area contributed by atoms with Crippen molar-refractivity contribution in [3.05, 3.63) is 59.5 Å². The highest BCUT2D eigenvalue weighted by Gasteiger charge is 2.38. The lowest BCUT2D eigenvalue weighted by Crippen LogP contribution is -2.47. The molecule has 2 atom stereocenters. The Labute approximate surface area is 227 Å². The zero-order valence-electron chi connectivity index (χ0n) is 22.1. The van der Waals surface area contributed by atoms with Gasteiger partial charge in [0.2, 0.25) is 11.9 Å². The number of carbonyl (C=O) groups is 2. The van der Waals surface area contributed by atoms with Crippen LogP contribution >= 0.6 is 11.3 Å². The number of amides is 2. The average molecular weight is 535 g/mol. The van der Waals surface area contributed by atoms with Gasteiger partial charge >= 0.3 is 6.09 Å². The quantitative estimate of drug-likeness (QED) is 0.420. The van der Waals surface area contributed by atoms with Gasteiger partial charge in [-0.15, -0.1) is 11.3 Å². The molecule has 0 saturated carbocycles. The van der Waals surface area contributed by atoms with Crippen LogP contribution in [0.2, 0.25) is 0 Å². The Balaban J connectivity index is 1.27.